The van der Waals surface area contributed by atoms with Crippen molar-refractivity contribution in [3.63, 3.8) is 0 Å². The summed E-state index contributed by atoms with van der Waals surface area (Å²) < 4.78 is 1.19. The van der Waals surface area contributed by atoms with Gasteiger partial charge in [0, 0.05) is 17.6 Å². The van der Waals surface area contributed by atoms with Crippen LogP contribution in [0.5, 0.6) is 0 Å². The molecule has 1 nitrogen and oxygen atoms in total. The van der Waals surface area contributed by atoms with Gasteiger partial charge in [-0.2, -0.15) is 0 Å². The largest absolute Gasteiger partial charge is 0.371 e. The van der Waals surface area contributed by atoms with Gasteiger partial charge in [-0.1, -0.05) is 25.5 Å². The van der Waals surface area contributed by atoms with Gasteiger partial charge in [0.05, 0.1) is 5.69 Å². The lowest BCUT2D eigenvalue weighted by Crippen LogP contribution is -2.24. The first-order valence-electron chi connectivity index (χ1n) is 5.29. The highest BCUT2D eigenvalue weighted by Crippen LogP contribution is 2.25. The Kier molecular flexibility index (Phi) is 5.02. The van der Waals surface area contributed by atoms with Crippen LogP contribution in [0, 0.1) is 0 Å². The van der Waals surface area contributed by atoms with Crippen molar-refractivity contribution in [3.05, 3.63) is 28.7 Å². The van der Waals surface area contributed by atoms with Gasteiger partial charge in [-0.05, 0) is 41.4 Å². The average molecular weight is 256 g/mol. The van der Waals surface area contributed by atoms with Gasteiger partial charge in [-0.3, -0.25) is 0 Å². The number of rotatable bonds is 5. The predicted octanol–water partition coefficient (Wildman–Crippen LogP) is 4.08. The van der Waals surface area contributed by atoms with Gasteiger partial charge in [0.2, 0.25) is 0 Å². The Morgan fingerprint density at radius 3 is 2.50 bits per heavy atom. The van der Waals surface area contributed by atoms with Gasteiger partial charge < -0.3 is 4.90 Å². The van der Waals surface area contributed by atoms with E-state index in [1.807, 2.05) is 0 Å². The van der Waals surface area contributed by atoms with Crippen molar-refractivity contribution < 1.29 is 0 Å². The number of anilines is 1. The number of para-hydroxylation sites is 1. The lowest BCUT2D eigenvalue weighted by atomic mass is 10.2. The van der Waals surface area contributed by atoms with Crippen molar-refractivity contribution in [2.45, 2.75) is 26.7 Å². The summed E-state index contributed by atoms with van der Waals surface area (Å²) in [6.07, 6.45) is 2.51. The zero-order chi connectivity index (χ0) is 10.4. The molecule has 1 rings (SSSR count). The fourth-order valence-electron chi connectivity index (χ4n) is 1.51. The lowest BCUT2D eigenvalue weighted by Gasteiger charge is -2.24. The van der Waals surface area contributed by atoms with Crippen molar-refractivity contribution in [2.75, 3.05) is 18.0 Å². The van der Waals surface area contributed by atoms with E-state index in [9.17, 15) is 0 Å². The predicted molar refractivity (Wildman–Crippen MR) is 66.9 cm³/mol. The quantitative estimate of drug-likeness (QED) is 0.767. The summed E-state index contributed by atoms with van der Waals surface area (Å²) in [4.78, 5) is 2.41. The first-order chi connectivity index (χ1) is 6.79. The minimum atomic E-state index is 1.07. The first kappa shape index (κ1) is 11.6. The Hall–Kier alpha value is -0.500. The van der Waals surface area contributed by atoms with Gasteiger partial charge >= 0.3 is 0 Å². The van der Waals surface area contributed by atoms with Crippen molar-refractivity contribution in [2.24, 2.45) is 0 Å². The second kappa shape index (κ2) is 6.07. The molecule has 1 aromatic carbocycles. The Morgan fingerprint density at radius 2 is 1.93 bits per heavy atom. The molecule has 0 amide bonds. The summed E-state index contributed by atoms with van der Waals surface area (Å²) in [6, 6.07) is 8.42. The summed E-state index contributed by atoms with van der Waals surface area (Å²) in [5.41, 5.74) is 1.31. The molecule has 0 aliphatic heterocycles. The molecule has 0 saturated carbocycles. The summed E-state index contributed by atoms with van der Waals surface area (Å²) in [5.74, 6) is 0. The van der Waals surface area contributed by atoms with Crippen LogP contribution < -0.4 is 4.90 Å². The van der Waals surface area contributed by atoms with E-state index in [1.165, 1.54) is 23.0 Å². The number of hydrogen-bond acceptors (Lipinski definition) is 1. The van der Waals surface area contributed by atoms with Gasteiger partial charge in [0.1, 0.15) is 0 Å². The van der Waals surface area contributed by atoms with E-state index in [1.54, 1.807) is 0 Å². The van der Waals surface area contributed by atoms with Crippen molar-refractivity contribution >= 4 is 21.6 Å². The molecule has 0 heterocycles. The van der Waals surface area contributed by atoms with Crippen LogP contribution >= 0.6 is 15.9 Å². The maximum atomic E-state index is 3.59. The second-order valence-corrected chi connectivity index (χ2v) is 4.24. The van der Waals surface area contributed by atoms with Crippen LogP contribution in [0.25, 0.3) is 0 Å². The van der Waals surface area contributed by atoms with E-state index in [-0.39, 0.29) is 0 Å². The van der Waals surface area contributed by atoms with E-state index in [4.69, 9.17) is 0 Å². The van der Waals surface area contributed by atoms with Crippen LogP contribution in [0.2, 0.25) is 0 Å². The van der Waals surface area contributed by atoms with E-state index in [0.717, 1.165) is 13.1 Å². The smallest absolute Gasteiger partial charge is 0.0510 e. The summed E-state index contributed by atoms with van der Waals surface area (Å²) in [5, 5.41) is 0. The first-order valence-corrected chi connectivity index (χ1v) is 6.08. The minimum absolute atomic E-state index is 1.07. The molecule has 0 atom stereocenters. The highest BCUT2D eigenvalue weighted by molar-refractivity contribution is 9.10. The maximum absolute atomic E-state index is 3.59. The number of nitrogens with zero attached hydrogens (tertiary/aromatic N) is 1. The molecule has 0 saturated heterocycles. The molecule has 0 aliphatic rings. The summed E-state index contributed by atoms with van der Waals surface area (Å²) in [7, 11) is 0. The summed E-state index contributed by atoms with van der Waals surface area (Å²) in [6.45, 7) is 6.65. The van der Waals surface area contributed by atoms with Crippen LogP contribution in [0.15, 0.2) is 28.7 Å². The van der Waals surface area contributed by atoms with E-state index >= 15 is 0 Å². The Bertz CT molecular complexity index is 273. The SMILES string of the molecule is CCCCN(CC)c1ccccc1Br. The third-order valence-electron chi connectivity index (χ3n) is 2.36. The normalized spacial score (nSPS) is 10.2. The van der Waals surface area contributed by atoms with Gasteiger partial charge in [0.15, 0.2) is 0 Å². The molecule has 0 aliphatic carbocycles. The number of benzene rings is 1. The molecule has 0 N–H and O–H groups in total. The van der Waals surface area contributed by atoms with Crippen LogP contribution in [-0.4, -0.2) is 13.1 Å². The van der Waals surface area contributed by atoms with E-state index < -0.39 is 0 Å². The third-order valence-corrected chi connectivity index (χ3v) is 3.03. The zero-order valence-electron chi connectivity index (χ0n) is 8.96. The Labute approximate surface area is 95.2 Å². The molecular formula is C12H18BrN. The van der Waals surface area contributed by atoms with Crippen molar-refractivity contribution in [1.82, 2.24) is 0 Å². The average Bonchev–Trinajstić information content (AvgIpc) is 2.21. The Morgan fingerprint density at radius 1 is 1.21 bits per heavy atom. The number of halogens is 1. The number of hydrogen-bond donors (Lipinski definition) is 0. The maximum Gasteiger partial charge on any atom is 0.0510 e. The van der Waals surface area contributed by atoms with Gasteiger partial charge in [-0.15, -0.1) is 0 Å². The van der Waals surface area contributed by atoms with Crippen LogP contribution in [0.3, 0.4) is 0 Å². The topological polar surface area (TPSA) is 3.24 Å². The highest BCUT2D eigenvalue weighted by Gasteiger charge is 2.05. The highest BCUT2D eigenvalue weighted by atomic mass is 79.9. The molecular weight excluding hydrogens is 238 g/mol. The summed E-state index contributed by atoms with van der Waals surface area (Å²) >= 11 is 3.59. The molecule has 14 heavy (non-hydrogen) atoms. The fraction of sp³-hybridized carbons (Fsp3) is 0.500. The molecule has 2 heteroatoms. The molecule has 0 bridgehead atoms. The van der Waals surface area contributed by atoms with Gasteiger partial charge in [-0.25, -0.2) is 0 Å². The molecule has 0 radical (unpaired) electrons. The van der Waals surface area contributed by atoms with Crippen LogP contribution in [0.1, 0.15) is 26.7 Å². The molecule has 0 spiro atoms. The number of unbranched alkanes of at least 4 members (excludes halogenated alkanes) is 1. The lowest BCUT2D eigenvalue weighted by molar-refractivity contribution is 0.731. The Balaban J connectivity index is 2.73. The van der Waals surface area contributed by atoms with Gasteiger partial charge in [0.25, 0.3) is 0 Å². The monoisotopic (exact) mass is 255 g/mol. The molecule has 78 valence electrons. The molecule has 1 aromatic rings. The zero-order valence-corrected chi connectivity index (χ0v) is 10.5. The van der Waals surface area contributed by atoms with Crippen LogP contribution in [-0.2, 0) is 0 Å². The standard InChI is InChI=1S/C12H18BrN/c1-3-5-10-14(4-2)12-9-7-6-8-11(12)13/h6-9H,3-5,10H2,1-2H3. The fourth-order valence-corrected chi connectivity index (χ4v) is 2.04. The van der Waals surface area contributed by atoms with Crippen molar-refractivity contribution in [1.29, 1.82) is 0 Å². The van der Waals surface area contributed by atoms with Crippen LogP contribution in [0.4, 0.5) is 5.69 Å². The third kappa shape index (κ3) is 3.02. The second-order valence-electron chi connectivity index (χ2n) is 3.38. The van der Waals surface area contributed by atoms with E-state index in [2.05, 4.69) is 58.9 Å². The molecule has 0 fully saturated rings. The van der Waals surface area contributed by atoms with E-state index in [0.29, 0.717) is 0 Å². The van der Waals surface area contributed by atoms with Crippen molar-refractivity contribution in [3.8, 4) is 0 Å². The minimum Gasteiger partial charge on any atom is -0.371 e. The molecule has 0 unspecified atom stereocenters. The molecule has 0 aromatic heterocycles.